The highest BCUT2D eigenvalue weighted by molar-refractivity contribution is 5.86. The van der Waals surface area contributed by atoms with Gasteiger partial charge in [0, 0.05) is 17.5 Å². The van der Waals surface area contributed by atoms with Crippen molar-refractivity contribution in [3.05, 3.63) is 40.2 Å². The molecule has 2 rings (SSSR count). The highest BCUT2D eigenvalue weighted by atomic mass is 16.5. The molecular formula is C22H29NO6. The molecule has 1 aromatic carbocycles. The normalized spacial score (nSPS) is 14.2. The van der Waals surface area contributed by atoms with Gasteiger partial charge >= 0.3 is 11.6 Å². The number of ether oxygens (including phenoxy) is 1. The zero-order valence-electron chi connectivity index (χ0n) is 17.4. The molecule has 1 aromatic heterocycles. The topological polar surface area (TPSA) is 106 Å². The van der Waals surface area contributed by atoms with Crippen molar-refractivity contribution in [2.45, 2.75) is 65.5 Å². The number of carbonyl (C=O) groups excluding carboxylic acids is 1. The molecular weight excluding hydrogens is 374 g/mol. The minimum absolute atomic E-state index is 0.208. The van der Waals surface area contributed by atoms with Gasteiger partial charge in [-0.2, -0.15) is 0 Å². The van der Waals surface area contributed by atoms with E-state index in [2.05, 4.69) is 12.2 Å². The minimum atomic E-state index is -1.08. The number of carboxylic acid groups (broad SMARTS) is 1. The Morgan fingerprint density at radius 2 is 1.93 bits per heavy atom. The summed E-state index contributed by atoms with van der Waals surface area (Å²) in [5.41, 5.74) is 0.898. The van der Waals surface area contributed by atoms with Crippen LogP contribution in [0.3, 0.4) is 0 Å². The standard InChI is InChI=1S/C22H29NO6/c1-5-7-8-15-11-19(24)29-18-12-16(9-10-17(15)18)28-14(4)21(25)23-20(22(26)27)13(3)6-2/h9-14,20H,5-8H2,1-4H3,(H,23,25)(H,26,27)/t13-,14?,20-/m0/s1. The first-order valence-corrected chi connectivity index (χ1v) is 10.0. The van der Waals surface area contributed by atoms with E-state index in [4.69, 9.17) is 9.15 Å². The number of unbranched alkanes of at least 4 members (excludes halogenated alkanes) is 1. The Hall–Kier alpha value is -2.83. The second kappa shape index (κ2) is 10.1. The fraction of sp³-hybridized carbons (Fsp3) is 0.500. The molecule has 1 amide bonds. The van der Waals surface area contributed by atoms with Crippen LogP contribution in [0.15, 0.2) is 33.5 Å². The molecule has 1 unspecified atom stereocenters. The smallest absolute Gasteiger partial charge is 0.336 e. The zero-order valence-corrected chi connectivity index (χ0v) is 17.4. The van der Waals surface area contributed by atoms with Crippen LogP contribution in [-0.4, -0.2) is 29.1 Å². The summed E-state index contributed by atoms with van der Waals surface area (Å²) in [4.78, 5) is 35.7. The first kappa shape index (κ1) is 22.5. The third-order valence-electron chi connectivity index (χ3n) is 5.06. The Morgan fingerprint density at radius 1 is 1.21 bits per heavy atom. The van der Waals surface area contributed by atoms with Crippen molar-refractivity contribution in [1.29, 1.82) is 0 Å². The number of rotatable bonds is 10. The molecule has 7 heteroatoms. The maximum absolute atomic E-state index is 12.4. The maximum atomic E-state index is 12.4. The third-order valence-corrected chi connectivity index (χ3v) is 5.06. The van der Waals surface area contributed by atoms with Gasteiger partial charge in [-0.05, 0) is 43.4 Å². The van der Waals surface area contributed by atoms with Gasteiger partial charge in [0.15, 0.2) is 6.10 Å². The van der Waals surface area contributed by atoms with E-state index < -0.39 is 29.6 Å². The summed E-state index contributed by atoms with van der Waals surface area (Å²) >= 11 is 0. The second-order valence-corrected chi connectivity index (χ2v) is 7.32. The zero-order chi connectivity index (χ0) is 21.6. The number of fused-ring (bicyclic) bond motifs is 1. The van der Waals surface area contributed by atoms with E-state index in [-0.39, 0.29) is 5.92 Å². The number of hydrogen-bond donors (Lipinski definition) is 2. The lowest BCUT2D eigenvalue weighted by molar-refractivity contribution is -0.144. The Labute approximate surface area is 170 Å². The maximum Gasteiger partial charge on any atom is 0.336 e. The molecule has 2 aromatic rings. The van der Waals surface area contributed by atoms with Crippen LogP contribution in [-0.2, 0) is 16.0 Å². The average Bonchev–Trinajstić information content (AvgIpc) is 2.68. The van der Waals surface area contributed by atoms with E-state index in [0.717, 1.165) is 30.2 Å². The van der Waals surface area contributed by atoms with Gasteiger partial charge in [0.05, 0.1) is 0 Å². The van der Waals surface area contributed by atoms with Gasteiger partial charge < -0.3 is 19.6 Å². The average molecular weight is 403 g/mol. The van der Waals surface area contributed by atoms with E-state index in [1.807, 2.05) is 13.0 Å². The number of benzene rings is 1. The number of amides is 1. The molecule has 3 atom stereocenters. The molecule has 1 heterocycles. The molecule has 0 aliphatic heterocycles. The molecule has 0 spiro atoms. The monoisotopic (exact) mass is 403 g/mol. The van der Waals surface area contributed by atoms with Gasteiger partial charge in [0.25, 0.3) is 5.91 Å². The molecule has 0 aliphatic rings. The lowest BCUT2D eigenvalue weighted by Gasteiger charge is -2.22. The molecule has 29 heavy (non-hydrogen) atoms. The summed E-state index contributed by atoms with van der Waals surface area (Å²) in [7, 11) is 0. The highest BCUT2D eigenvalue weighted by Crippen LogP contribution is 2.24. The van der Waals surface area contributed by atoms with Crippen LogP contribution in [0, 0.1) is 5.92 Å². The number of nitrogens with one attached hydrogen (secondary N) is 1. The Kier molecular flexibility index (Phi) is 7.82. The van der Waals surface area contributed by atoms with Gasteiger partial charge in [-0.25, -0.2) is 9.59 Å². The van der Waals surface area contributed by atoms with Crippen molar-refractivity contribution in [3.63, 3.8) is 0 Å². The van der Waals surface area contributed by atoms with Crippen LogP contribution in [0.5, 0.6) is 5.75 Å². The van der Waals surface area contributed by atoms with Crippen LogP contribution in [0.25, 0.3) is 11.0 Å². The Morgan fingerprint density at radius 3 is 2.55 bits per heavy atom. The molecule has 158 valence electrons. The number of hydrogen-bond acceptors (Lipinski definition) is 5. The number of aryl methyl sites for hydroxylation is 1. The summed E-state index contributed by atoms with van der Waals surface area (Å²) in [6, 6.07) is 5.64. The predicted molar refractivity (Wildman–Crippen MR) is 110 cm³/mol. The number of carboxylic acids is 1. The summed E-state index contributed by atoms with van der Waals surface area (Å²) in [6.07, 6.45) is 2.48. The van der Waals surface area contributed by atoms with Crippen molar-refractivity contribution < 1.29 is 23.8 Å². The Bertz CT molecular complexity index is 919. The van der Waals surface area contributed by atoms with Gasteiger partial charge in [0.1, 0.15) is 17.4 Å². The van der Waals surface area contributed by atoms with Gasteiger partial charge in [0.2, 0.25) is 0 Å². The fourth-order valence-corrected chi connectivity index (χ4v) is 3.07. The second-order valence-electron chi connectivity index (χ2n) is 7.32. The van der Waals surface area contributed by atoms with Crippen molar-refractivity contribution in [2.24, 2.45) is 5.92 Å². The molecule has 0 aliphatic carbocycles. The largest absolute Gasteiger partial charge is 0.481 e. The first-order valence-electron chi connectivity index (χ1n) is 10.0. The molecule has 0 saturated heterocycles. The summed E-state index contributed by atoms with van der Waals surface area (Å²) < 4.78 is 11.0. The van der Waals surface area contributed by atoms with Gasteiger partial charge in [-0.1, -0.05) is 33.6 Å². The minimum Gasteiger partial charge on any atom is -0.481 e. The molecule has 0 fully saturated rings. The SMILES string of the molecule is CCCCc1cc(=O)oc2cc(OC(C)C(=O)N[C@H](C(=O)O)[C@@H](C)CC)ccc12. The summed E-state index contributed by atoms with van der Waals surface area (Å²) in [5.74, 6) is -1.44. The third kappa shape index (κ3) is 5.82. The first-order chi connectivity index (χ1) is 13.8. The predicted octanol–water partition coefficient (Wildman–Crippen LogP) is 3.52. The highest BCUT2D eigenvalue weighted by Gasteiger charge is 2.28. The molecule has 7 nitrogen and oxygen atoms in total. The van der Waals surface area contributed by atoms with Crippen LogP contribution in [0.2, 0.25) is 0 Å². The van der Waals surface area contributed by atoms with E-state index in [0.29, 0.717) is 17.8 Å². The van der Waals surface area contributed by atoms with Crippen molar-refractivity contribution in [1.82, 2.24) is 5.32 Å². The summed E-state index contributed by atoms with van der Waals surface area (Å²) in [5, 5.41) is 12.7. The van der Waals surface area contributed by atoms with Crippen LogP contribution >= 0.6 is 0 Å². The van der Waals surface area contributed by atoms with Crippen LogP contribution < -0.4 is 15.7 Å². The molecule has 0 saturated carbocycles. The van der Waals surface area contributed by atoms with Crippen molar-refractivity contribution in [2.75, 3.05) is 0 Å². The number of carbonyl (C=O) groups is 2. The van der Waals surface area contributed by atoms with Crippen LogP contribution in [0.4, 0.5) is 0 Å². The Balaban J connectivity index is 2.17. The fourth-order valence-electron chi connectivity index (χ4n) is 3.07. The van der Waals surface area contributed by atoms with E-state index >= 15 is 0 Å². The van der Waals surface area contributed by atoms with Crippen molar-refractivity contribution >= 4 is 22.8 Å². The van der Waals surface area contributed by atoms with Gasteiger partial charge in [-0.15, -0.1) is 0 Å². The van der Waals surface area contributed by atoms with E-state index in [1.54, 1.807) is 26.0 Å². The quantitative estimate of drug-likeness (QED) is 0.588. The lowest BCUT2D eigenvalue weighted by Crippen LogP contribution is -2.49. The van der Waals surface area contributed by atoms with E-state index in [1.165, 1.54) is 6.07 Å². The lowest BCUT2D eigenvalue weighted by atomic mass is 9.99. The van der Waals surface area contributed by atoms with E-state index in [9.17, 15) is 19.5 Å². The van der Waals surface area contributed by atoms with Gasteiger partial charge in [-0.3, -0.25) is 4.79 Å². The summed E-state index contributed by atoms with van der Waals surface area (Å²) in [6.45, 7) is 7.27. The molecule has 0 bridgehead atoms. The number of aliphatic carboxylic acids is 1. The molecule has 2 N–H and O–H groups in total. The van der Waals surface area contributed by atoms with Crippen molar-refractivity contribution in [3.8, 4) is 5.75 Å². The molecule has 0 radical (unpaired) electrons. The van der Waals surface area contributed by atoms with Crippen LogP contribution in [0.1, 0.15) is 52.5 Å².